The van der Waals surface area contributed by atoms with Gasteiger partial charge in [-0.3, -0.25) is 0 Å². The molecule has 0 fully saturated rings. The predicted octanol–water partition coefficient (Wildman–Crippen LogP) is 3.30. The molecule has 0 bridgehead atoms. The van der Waals surface area contributed by atoms with E-state index in [2.05, 4.69) is 59.4 Å². The zero-order valence-corrected chi connectivity index (χ0v) is 11.2. The Hall–Kier alpha value is -1.42. The van der Waals surface area contributed by atoms with Crippen LogP contribution in [0.1, 0.15) is 31.3 Å². The Morgan fingerprint density at radius 1 is 1.29 bits per heavy atom. The van der Waals surface area contributed by atoms with E-state index in [0.717, 1.165) is 17.4 Å². The van der Waals surface area contributed by atoms with Gasteiger partial charge in [-0.1, -0.05) is 37.3 Å². The lowest BCUT2D eigenvalue weighted by atomic mass is 10.1. The third kappa shape index (κ3) is 2.64. The lowest BCUT2D eigenvalue weighted by Crippen LogP contribution is -2.21. The maximum atomic E-state index is 4.51. The van der Waals surface area contributed by atoms with Gasteiger partial charge in [0.1, 0.15) is 5.82 Å². The number of hydrogen-bond acceptors (Lipinski definition) is 4. The molecule has 0 aliphatic heterocycles. The molecule has 1 aromatic heterocycles. The second kappa shape index (κ2) is 5.27. The summed E-state index contributed by atoms with van der Waals surface area (Å²) in [6.07, 6.45) is 0.893. The summed E-state index contributed by atoms with van der Waals surface area (Å²) in [4.78, 5) is 6.68. The molecule has 17 heavy (non-hydrogen) atoms. The highest BCUT2D eigenvalue weighted by atomic mass is 32.1. The van der Waals surface area contributed by atoms with Gasteiger partial charge in [-0.2, -0.15) is 4.37 Å². The zero-order valence-electron chi connectivity index (χ0n) is 10.4. The Balaban J connectivity index is 2.17. The van der Waals surface area contributed by atoms with Gasteiger partial charge in [-0.25, -0.2) is 4.98 Å². The minimum Gasteiger partial charge on any atom is -0.343 e. The Morgan fingerprint density at radius 3 is 2.59 bits per heavy atom. The fourth-order valence-electron chi connectivity index (χ4n) is 1.65. The summed E-state index contributed by atoms with van der Waals surface area (Å²) < 4.78 is 4.32. The topological polar surface area (TPSA) is 29.0 Å². The van der Waals surface area contributed by atoms with Crippen LogP contribution in [0.5, 0.6) is 0 Å². The Labute approximate surface area is 106 Å². The number of benzene rings is 1. The number of aryl methyl sites for hydroxylation is 1. The van der Waals surface area contributed by atoms with Crippen molar-refractivity contribution >= 4 is 16.7 Å². The molecule has 4 heteroatoms. The van der Waals surface area contributed by atoms with Crippen molar-refractivity contribution in [1.29, 1.82) is 0 Å². The molecule has 3 nitrogen and oxygen atoms in total. The van der Waals surface area contributed by atoms with Gasteiger partial charge in [0.2, 0.25) is 5.13 Å². The maximum absolute atomic E-state index is 4.51. The van der Waals surface area contributed by atoms with Crippen LogP contribution in [0, 0.1) is 0 Å². The van der Waals surface area contributed by atoms with Crippen LogP contribution in [-0.4, -0.2) is 16.4 Å². The summed E-state index contributed by atoms with van der Waals surface area (Å²) >= 11 is 1.47. The highest BCUT2D eigenvalue weighted by Gasteiger charge is 2.15. The van der Waals surface area contributed by atoms with Crippen LogP contribution in [0.4, 0.5) is 5.13 Å². The van der Waals surface area contributed by atoms with Gasteiger partial charge < -0.3 is 4.90 Å². The molecule has 1 heterocycles. The molecule has 1 atom stereocenters. The van der Waals surface area contributed by atoms with Crippen LogP contribution in [0.3, 0.4) is 0 Å². The third-order valence-corrected chi connectivity index (χ3v) is 3.78. The summed E-state index contributed by atoms with van der Waals surface area (Å²) in [5, 5.41) is 0.984. The van der Waals surface area contributed by atoms with Crippen molar-refractivity contribution in [3.05, 3.63) is 41.7 Å². The summed E-state index contributed by atoms with van der Waals surface area (Å²) in [5.41, 5.74) is 1.29. The van der Waals surface area contributed by atoms with Crippen molar-refractivity contribution in [3.8, 4) is 0 Å². The summed E-state index contributed by atoms with van der Waals surface area (Å²) in [5.74, 6) is 0.928. The van der Waals surface area contributed by atoms with Crippen molar-refractivity contribution in [3.63, 3.8) is 0 Å². The van der Waals surface area contributed by atoms with E-state index >= 15 is 0 Å². The normalized spacial score (nSPS) is 12.4. The van der Waals surface area contributed by atoms with Crippen LogP contribution < -0.4 is 4.90 Å². The molecule has 0 saturated carbocycles. The molecule has 0 spiro atoms. The van der Waals surface area contributed by atoms with Crippen molar-refractivity contribution in [2.24, 2.45) is 0 Å². The number of anilines is 1. The molecule has 0 amide bonds. The monoisotopic (exact) mass is 247 g/mol. The average molecular weight is 247 g/mol. The SMILES string of the molecule is CCc1nsc(N(C)C(C)c2ccccc2)n1. The molecular formula is C13H17N3S. The van der Waals surface area contributed by atoms with E-state index < -0.39 is 0 Å². The molecule has 2 aromatic rings. The highest BCUT2D eigenvalue weighted by molar-refractivity contribution is 7.09. The number of rotatable bonds is 4. The molecule has 2 rings (SSSR count). The highest BCUT2D eigenvalue weighted by Crippen LogP contribution is 2.26. The largest absolute Gasteiger partial charge is 0.343 e. The van der Waals surface area contributed by atoms with Crippen molar-refractivity contribution in [2.45, 2.75) is 26.3 Å². The van der Waals surface area contributed by atoms with Gasteiger partial charge in [0.05, 0.1) is 6.04 Å². The van der Waals surface area contributed by atoms with Gasteiger partial charge in [0, 0.05) is 25.0 Å². The minimum atomic E-state index is 0.314. The van der Waals surface area contributed by atoms with E-state index in [4.69, 9.17) is 0 Å². The molecule has 1 unspecified atom stereocenters. The van der Waals surface area contributed by atoms with E-state index in [9.17, 15) is 0 Å². The Bertz CT molecular complexity index is 467. The number of nitrogens with zero attached hydrogens (tertiary/aromatic N) is 3. The first kappa shape index (κ1) is 12.0. The van der Waals surface area contributed by atoms with Gasteiger partial charge in [0.25, 0.3) is 0 Å². The van der Waals surface area contributed by atoms with Crippen LogP contribution >= 0.6 is 11.5 Å². The number of aromatic nitrogens is 2. The fourth-order valence-corrected chi connectivity index (χ4v) is 2.44. The zero-order chi connectivity index (χ0) is 12.3. The van der Waals surface area contributed by atoms with Gasteiger partial charge >= 0.3 is 0 Å². The Morgan fingerprint density at radius 2 is 2.00 bits per heavy atom. The number of hydrogen-bond donors (Lipinski definition) is 0. The molecule has 0 aliphatic carbocycles. The maximum Gasteiger partial charge on any atom is 0.205 e. The fraction of sp³-hybridized carbons (Fsp3) is 0.385. The van der Waals surface area contributed by atoms with E-state index in [1.807, 2.05) is 6.07 Å². The van der Waals surface area contributed by atoms with Crippen LogP contribution in [0.15, 0.2) is 30.3 Å². The second-order valence-electron chi connectivity index (χ2n) is 4.04. The first-order chi connectivity index (χ1) is 8.22. The van der Waals surface area contributed by atoms with E-state index in [0.29, 0.717) is 6.04 Å². The van der Waals surface area contributed by atoms with Crippen LogP contribution in [0.2, 0.25) is 0 Å². The quantitative estimate of drug-likeness (QED) is 0.830. The van der Waals surface area contributed by atoms with Crippen molar-refractivity contribution < 1.29 is 0 Å². The lowest BCUT2D eigenvalue weighted by Gasteiger charge is -2.24. The van der Waals surface area contributed by atoms with Crippen molar-refractivity contribution in [1.82, 2.24) is 9.36 Å². The smallest absolute Gasteiger partial charge is 0.205 e. The lowest BCUT2D eigenvalue weighted by molar-refractivity contribution is 0.734. The molecule has 0 aliphatic rings. The minimum absolute atomic E-state index is 0.314. The standard InChI is InChI=1S/C13H17N3S/c1-4-12-14-13(17-15-12)16(3)10(2)11-8-6-5-7-9-11/h5-10H,4H2,1-3H3. The summed E-state index contributed by atoms with van der Waals surface area (Å²) in [7, 11) is 2.07. The molecule has 1 aromatic carbocycles. The molecule has 90 valence electrons. The second-order valence-corrected chi connectivity index (χ2v) is 4.77. The first-order valence-corrected chi connectivity index (χ1v) is 6.60. The van der Waals surface area contributed by atoms with Crippen LogP contribution in [-0.2, 0) is 6.42 Å². The molecular weight excluding hydrogens is 230 g/mol. The summed E-state index contributed by atoms with van der Waals surface area (Å²) in [6, 6.07) is 10.8. The predicted molar refractivity (Wildman–Crippen MR) is 72.5 cm³/mol. The molecule has 0 radical (unpaired) electrons. The van der Waals surface area contributed by atoms with E-state index in [-0.39, 0.29) is 0 Å². The van der Waals surface area contributed by atoms with Gasteiger partial charge in [0.15, 0.2) is 0 Å². The average Bonchev–Trinajstić information content (AvgIpc) is 2.87. The Kier molecular flexibility index (Phi) is 3.74. The van der Waals surface area contributed by atoms with E-state index in [1.165, 1.54) is 17.1 Å². The van der Waals surface area contributed by atoms with Gasteiger partial charge in [-0.05, 0) is 12.5 Å². The third-order valence-electron chi connectivity index (χ3n) is 2.94. The van der Waals surface area contributed by atoms with Crippen LogP contribution in [0.25, 0.3) is 0 Å². The van der Waals surface area contributed by atoms with Gasteiger partial charge in [-0.15, -0.1) is 0 Å². The summed E-state index contributed by atoms with van der Waals surface area (Å²) in [6.45, 7) is 4.26. The first-order valence-electron chi connectivity index (χ1n) is 5.82. The van der Waals surface area contributed by atoms with E-state index in [1.54, 1.807) is 0 Å². The molecule has 0 N–H and O–H groups in total. The molecule has 0 saturated heterocycles. The van der Waals surface area contributed by atoms with Crippen molar-refractivity contribution in [2.75, 3.05) is 11.9 Å².